The SMILES string of the molecule is COCn1ccnc1P(C)(=O)Cl. The summed E-state index contributed by atoms with van der Waals surface area (Å²) in [6.07, 6.45) is 3.23. The van der Waals surface area contributed by atoms with Crippen molar-refractivity contribution in [2.24, 2.45) is 0 Å². The van der Waals surface area contributed by atoms with E-state index >= 15 is 0 Å². The second-order valence-electron chi connectivity index (χ2n) is 2.43. The van der Waals surface area contributed by atoms with E-state index < -0.39 is 6.49 Å². The summed E-state index contributed by atoms with van der Waals surface area (Å²) in [6.45, 7) is -1.01. The third kappa shape index (κ3) is 2.09. The van der Waals surface area contributed by atoms with Crippen molar-refractivity contribution in [3.8, 4) is 0 Å². The number of halogens is 1. The lowest BCUT2D eigenvalue weighted by Gasteiger charge is -2.07. The molecule has 4 nitrogen and oxygen atoms in total. The Hall–Kier alpha value is -0.310. The quantitative estimate of drug-likeness (QED) is 0.703. The largest absolute Gasteiger partial charge is 0.364 e. The second-order valence-corrected chi connectivity index (χ2v) is 6.41. The molecule has 1 aromatic rings. The van der Waals surface area contributed by atoms with E-state index in [0.717, 1.165) is 0 Å². The van der Waals surface area contributed by atoms with Crippen molar-refractivity contribution in [3.05, 3.63) is 12.4 Å². The molecule has 0 saturated heterocycles. The van der Waals surface area contributed by atoms with E-state index in [9.17, 15) is 4.57 Å². The molecule has 0 aromatic carbocycles. The van der Waals surface area contributed by atoms with Crippen molar-refractivity contribution in [1.29, 1.82) is 0 Å². The van der Waals surface area contributed by atoms with E-state index in [2.05, 4.69) is 4.98 Å². The summed E-state index contributed by atoms with van der Waals surface area (Å²) in [7, 11) is 1.55. The van der Waals surface area contributed by atoms with Gasteiger partial charge in [0.25, 0.3) is 0 Å². The number of nitrogens with zero attached hydrogens (tertiary/aromatic N) is 2. The highest BCUT2D eigenvalue weighted by Crippen LogP contribution is 2.44. The van der Waals surface area contributed by atoms with Gasteiger partial charge in [0, 0.05) is 26.2 Å². The molecule has 0 amide bonds. The van der Waals surface area contributed by atoms with Crippen LogP contribution in [0.5, 0.6) is 0 Å². The van der Waals surface area contributed by atoms with Crippen LogP contribution in [0.4, 0.5) is 0 Å². The molecule has 68 valence electrons. The molecule has 1 aromatic heterocycles. The summed E-state index contributed by atoms with van der Waals surface area (Å²) in [5.41, 5.74) is 0.381. The van der Waals surface area contributed by atoms with Crippen molar-refractivity contribution in [3.63, 3.8) is 0 Å². The molecule has 0 aliphatic heterocycles. The molecule has 0 aliphatic rings. The second kappa shape index (κ2) is 3.60. The summed E-state index contributed by atoms with van der Waals surface area (Å²) < 4.78 is 17.9. The van der Waals surface area contributed by atoms with Crippen molar-refractivity contribution >= 4 is 23.3 Å². The maximum absolute atomic E-state index is 11.4. The Morgan fingerprint density at radius 2 is 2.50 bits per heavy atom. The summed E-state index contributed by atoms with van der Waals surface area (Å²) in [5.74, 6) is 0. The van der Waals surface area contributed by atoms with Crippen LogP contribution in [0, 0.1) is 0 Å². The van der Waals surface area contributed by atoms with Crippen molar-refractivity contribution in [2.75, 3.05) is 13.8 Å². The highest BCUT2D eigenvalue weighted by atomic mass is 35.7. The van der Waals surface area contributed by atoms with E-state index in [-0.39, 0.29) is 0 Å². The zero-order valence-electron chi connectivity index (χ0n) is 6.90. The molecule has 1 atom stereocenters. The van der Waals surface area contributed by atoms with Gasteiger partial charge >= 0.3 is 0 Å². The van der Waals surface area contributed by atoms with Crippen LogP contribution in [0.3, 0.4) is 0 Å². The fraction of sp³-hybridized carbons (Fsp3) is 0.500. The van der Waals surface area contributed by atoms with Crippen LogP contribution in [0.2, 0.25) is 0 Å². The molecular weight excluding hydrogens is 199 g/mol. The van der Waals surface area contributed by atoms with Crippen LogP contribution < -0.4 is 5.57 Å². The molecule has 0 saturated carbocycles. The average molecular weight is 209 g/mol. The fourth-order valence-corrected chi connectivity index (χ4v) is 2.17. The first-order valence-corrected chi connectivity index (χ1v) is 6.39. The average Bonchev–Trinajstić information content (AvgIpc) is 2.34. The minimum Gasteiger partial charge on any atom is -0.364 e. The highest BCUT2D eigenvalue weighted by Gasteiger charge is 2.19. The standard InChI is InChI=1S/C6H10ClN2O2P/c1-11-5-9-4-3-8-6(9)12(2,7)10/h3-4H,5H2,1-2H3. The first-order chi connectivity index (χ1) is 5.55. The summed E-state index contributed by atoms with van der Waals surface area (Å²) >= 11 is 5.66. The van der Waals surface area contributed by atoms with Crippen LogP contribution in [-0.2, 0) is 16.0 Å². The van der Waals surface area contributed by atoms with E-state index in [1.807, 2.05) is 0 Å². The van der Waals surface area contributed by atoms with Crippen LogP contribution in [0.25, 0.3) is 0 Å². The molecule has 12 heavy (non-hydrogen) atoms. The van der Waals surface area contributed by atoms with E-state index in [4.69, 9.17) is 16.0 Å². The normalized spacial score (nSPS) is 15.9. The predicted molar refractivity (Wildman–Crippen MR) is 48.3 cm³/mol. The Balaban J connectivity index is 2.99. The third-order valence-electron chi connectivity index (χ3n) is 1.32. The molecule has 1 heterocycles. The molecule has 0 bridgehead atoms. The summed E-state index contributed by atoms with van der Waals surface area (Å²) in [5, 5.41) is 0. The number of methoxy groups -OCH3 is 1. The lowest BCUT2D eigenvalue weighted by Crippen LogP contribution is -2.17. The van der Waals surface area contributed by atoms with E-state index in [1.165, 1.54) is 6.66 Å². The Bertz CT molecular complexity index is 306. The Morgan fingerprint density at radius 1 is 1.83 bits per heavy atom. The Kier molecular flexibility index (Phi) is 2.94. The van der Waals surface area contributed by atoms with Gasteiger partial charge in [-0.25, -0.2) is 4.98 Å². The molecule has 1 unspecified atom stereocenters. The lowest BCUT2D eigenvalue weighted by molar-refractivity contribution is 0.133. The van der Waals surface area contributed by atoms with Gasteiger partial charge in [-0.3, -0.25) is 4.57 Å². The van der Waals surface area contributed by atoms with Crippen molar-refractivity contribution in [1.82, 2.24) is 9.55 Å². The van der Waals surface area contributed by atoms with Gasteiger partial charge in [-0.2, -0.15) is 0 Å². The number of imidazole rings is 1. The maximum Gasteiger partial charge on any atom is 0.228 e. The van der Waals surface area contributed by atoms with Gasteiger partial charge in [0.05, 0.1) is 0 Å². The number of ether oxygens (including phenoxy) is 1. The number of rotatable bonds is 3. The van der Waals surface area contributed by atoms with Gasteiger partial charge < -0.3 is 9.30 Å². The Morgan fingerprint density at radius 3 is 3.00 bits per heavy atom. The first kappa shape index (κ1) is 9.78. The monoisotopic (exact) mass is 208 g/mol. The molecule has 1 rings (SSSR count). The van der Waals surface area contributed by atoms with Crippen molar-refractivity contribution in [2.45, 2.75) is 6.73 Å². The van der Waals surface area contributed by atoms with Crippen LogP contribution >= 0.6 is 17.7 Å². The topological polar surface area (TPSA) is 44.1 Å². The zero-order valence-corrected chi connectivity index (χ0v) is 8.55. The van der Waals surface area contributed by atoms with Gasteiger partial charge in [-0.05, 0) is 11.2 Å². The fourth-order valence-electron chi connectivity index (χ4n) is 0.894. The number of hydrogen-bond acceptors (Lipinski definition) is 3. The molecular formula is C6H10ClN2O2P. The minimum atomic E-state index is -2.79. The molecule has 0 fully saturated rings. The van der Waals surface area contributed by atoms with Gasteiger partial charge in [-0.1, -0.05) is 0 Å². The smallest absolute Gasteiger partial charge is 0.228 e. The summed E-state index contributed by atoms with van der Waals surface area (Å²) in [6, 6.07) is 0. The van der Waals surface area contributed by atoms with Crippen LogP contribution in [0.15, 0.2) is 12.4 Å². The Labute approximate surface area is 75.7 Å². The van der Waals surface area contributed by atoms with E-state index in [1.54, 1.807) is 24.1 Å². The molecule has 0 N–H and O–H groups in total. The van der Waals surface area contributed by atoms with Gasteiger partial charge in [0.1, 0.15) is 6.73 Å². The molecule has 0 radical (unpaired) electrons. The van der Waals surface area contributed by atoms with E-state index in [0.29, 0.717) is 12.3 Å². The molecule has 0 spiro atoms. The zero-order chi connectivity index (χ0) is 9.19. The first-order valence-electron chi connectivity index (χ1n) is 3.33. The van der Waals surface area contributed by atoms with Gasteiger partial charge in [0.15, 0.2) is 5.57 Å². The van der Waals surface area contributed by atoms with Gasteiger partial charge in [-0.15, -0.1) is 0 Å². The minimum absolute atomic E-state index is 0.319. The number of aromatic nitrogens is 2. The third-order valence-corrected chi connectivity index (χ3v) is 2.86. The maximum atomic E-state index is 11.4. The predicted octanol–water partition coefficient (Wildman–Crippen LogP) is 1.26. The van der Waals surface area contributed by atoms with Gasteiger partial charge in [0.2, 0.25) is 6.49 Å². The number of hydrogen-bond donors (Lipinski definition) is 0. The highest BCUT2D eigenvalue weighted by molar-refractivity contribution is 7.94. The lowest BCUT2D eigenvalue weighted by atomic mass is 10.9. The van der Waals surface area contributed by atoms with Crippen molar-refractivity contribution < 1.29 is 9.30 Å². The molecule has 0 aliphatic carbocycles. The van der Waals surface area contributed by atoms with Crippen LogP contribution in [0.1, 0.15) is 0 Å². The van der Waals surface area contributed by atoms with Crippen LogP contribution in [-0.4, -0.2) is 23.3 Å². The molecule has 6 heteroatoms. The summed E-state index contributed by atoms with van der Waals surface area (Å²) in [4.78, 5) is 3.89.